The van der Waals surface area contributed by atoms with Crippen molar-refractivity contribution in [2.45, 2.75) is 0 Å². The first-order chi connectivity index (χ1) is 2.89. The maximum Gasteiger partial charge on any atom is 0.165 e. The van der Waals surface area contributed by atoms with Crippen molar-refractivity contribution in [1.82, 2.24) is 4.98 Å². The van der Waals surface area contributed by atoms with Gasteiger partial charge in [-0.1, -0.05) is 0 Å². The molecular weight excluding hydrogens is 62.1 g/mol. The molecule has 1 aromatic heterocycles. The van der Waals surface area contributed by atoms with Crippen molar-refractivity contribution in [3.63, 3.8) is 0 Å². The Morgan fingerprint density at radius 2 is 2.00 bits per heavy atom. The van der Waals surface area contributed by atoms with Crippen LogP contribution in [0.25, 0.3) is 0 Å². The molecule has 0 bridgehead atoms. The van der Waals surface area contributed by atoms with Gasteiger partial charge in [0.15, 0.2) is 1.41 Å². The Bertz CT molecular complexity index is 111. The standard InChI is InChI=1S/C4H5N/c1-2-4-5-3-1/h1-5H/i/hT. The smallest absolute Gasteiger partial charge is 0.165 e. The van der Waals surface area contributed by atoms with Crippen LogP contribution in [-0.4, -0.2) is 4.98 Å². The maximum absolute atomic E-state index is 6.79. The van der Waals surface area contributed by atoms with Crippen LogP contribution >= 0.6 is 0 Å². The van der Waals surface area contributed by atoms with Crippen LogP contribution in [0.4, 0.5) is 0 Å². The van der Waals surface area contributed by atoms with Crippen molar-refractivity contribution in [2.24, 2.45) is 0 Å². The van der Waals surface area contributed by atoms with Gasteiger partial charge in [0.05, 0.1) is 0 Å². The number of hydrogen-bond acceptors (Lipinski definition) is 0. The number of aromatic amines is 1. The Kier molecular flexibility index (Phi) is 0.307. The Balaban J connectivity index is 3.05. The molecule has 1 nitrogen and oxygen atoms in total. The molecular formula is C4H5N. The van der Waals surface area contributed by atoms with E-state index in [0.717, 1.165) is 0 Å². The topological polar surface area (TPSA) is 15.8 Å². The summed E-state index contributed by atoms with van der Waals surface area (Å²) >= 11 is 0. The zero-order valence-corrected chi connectivity index (χ0v) is 2.76. The fourth-order valence-corrected chi connectivity index (χ4v) is 0.248. The molecule has 1 heteroatoms. The molecule has 0 aliphatic rings. The molecule has 0 spiro atoms. The summed E-state index contributed by atoms with van der Waals surface area (Å²) in [4.78, 5) is 1.25. The van der Waals surface area contributed by atoms with Crippen LogP contribution in [0.1, 0.15) is 0 Å². The highest BCUT2D eigenvalue weighted by atomic mass is 14.6. The molecule has 0 aliphatic carbocycles. The van der Waals surface area contributed by atoms with Crippen molar-refractivity contribution in [3.05, 3.63) is 24.5 Å². The third-order valence-electron chi connectivity index (χ3n) is 0.455. The molecule has 0 fully saturated rings. The molecule has 1 N–H and O–H groups in total. The summed E-state index contributed by atoms with van der Waals surface area (Å²) in [6, 6.07) is 3.62. The zero-order chi connectivity index (χ0) is 4.41. The van der Waals surface area contributed by atoms with Crippen molar-refractivity contribution in [2.75, 3.05) is 0 Å². The Hall–Kier alpha value is -0.720. The molecule has 1 aromatic rings. The first-order valence-electron chi connectivity index (χ1n) is 1.96. The molecule has 0 unspecified atom stereocenters. The van der Waals surface area contributed by atoms with E-state index in [1.54, 1.807) is 12.4 Å². The van der Waals surface area contributed by atoms with Crippen LogP contribution in [0.3, 0.4) is 0 Å². The number of H-pyrrole nitrogens is 1. The molecule has 1 rings (SSSR count). The molecule has 5 heavy (non-hydrogen) atoms. The molecule has 0 aromatic carbocycles. The highest BCUT2D eigenvalue weighted by molar-refractivity contribution is 4.84. The van der Waals surface area contributed by atoms with E-state index in [4.69, 9.17) is 1.41 Å². The van der Waals surface area contributed by atoms with E-state index in [-0.39, 0.29) is 0 Å². The minimum Gasteiger partial charge on any atom is -0.368 e. The second-order valence-electron chi connectivity index (χ2n) is 0.832. The summed E-state index contributed by atoms with van der Waals surface area (Å²) in [6.07, 6.45) is 3.33. The molecule has 0 saturated heterocycles. The lowest BCUT2D eigenvalue weighted by Gasteiger charge is -1.49. The van der Waals surface area contributed by atoms with Crippen LogP contribution in [-0.2, 0) is 0 Å². The van der Waals surface area contributed by atoms with Gasteiger partial charge >= 0.3 is 0 Å². The Morgan fingerprint density at radius 3 is 2.20 bits per heavy atom. The van der Waals surface area contributed by atoms with E-state index < -0.39 is 0 Å². The second kappa shape index (κ2) is 0.931. The van der Waals surface area contributed by atoms with Gasteiger partial charge in [-0.2, -0.15) is 0 Å². The first-order valence-corrected chi connectivity index (χ1v) is 1.52. The highest BCUT2D eigenvalue weighted by Crippen LogP contribution is 1.72. The van der Waals surface area contributed by atoms with Crippen molar-refractivity contribution < 1.29 is 1.41 Å². The van der Waals surface area contributed by atoms with Gasteiger partial charge in [0, 0.05) is 12.4 Å². The summed E-state index contributed by atoms with van der Waals surface area (Å²) in [5.74, 6) is 0. The van der Waals surface area contributed by atoms with Gasteiger partial charge in [-0.05, 0) is 12.1 Å². The number of hydrogen-bond donors (Lipinski definition) is 1. The monoisotopic (exact) mass is 69.1 g/mol. The molecule has 1 heterocycles. The predicted molar refractivity (Wildman–Crippen MR) is 20.8 cm³/mol. The number of nitrogens with one attached hydrogen (secondary N) is 1. The minimum atomic E-state index is 1.25. The normalized spacial score (nSPS) is 10.8. The number of aromatic nitrogens is 1. The van der Waals surface area contributed by atoms with E-state index in [1.807, 2.05) is 12.1 Å². The van der Waals surface area contributed by atoms with Crippen molar-refractivity contribution in [3.8, 4) is 0 Å². The summed E-state index contributed by atoms with van der Waals surface area (Å²) in [7, 11) is 0. The molecule has 0 aliphatic heterocycles. The lowest BCUT2D eigenvalue weighted by molar-refractivity contribution is 1.42. The van der Waals surface area contributed by atoms with Crippen LogP contribution in [0, 0.1) is 0 Å². The fourth-order valence-electron chi connectivity index (χ4n) is 0.248. The van der Waals surface area contributed by atoms with Gasteiger partial charge in [-0.15, -0.1) is 0 Å². The second-order valence-corrected chi connectivity index (χ2v) is 0.832. The summed E-state index contributed by atoms with van der Waals surface area (Å²) in [5.41, 5.74) is 0. The van der Waals surface area contributed by atoms with Gasteiger partial charge in [0.25, 0.3) is 0 Å². The lowest BCUT2D eigenvalue weighted by Crippen LogP contribution is -1.38. The SMILES string of the molecule is [3H]n1cccc1. The first kappa shape index (κ1) is 1.65. The average Bonchev–Trinajstić information content (AvgIpc) is 1.86. The van der Waals surface area contributed by atoms with Gasteiger partial charge in [-0.3, -0.25) is 0 Å². The van der Waals surface area contributed by atoms with Crippen LogP contribution in [0.2, 0.25) is 1.41 Å². The number of rotatable bonds is 0. The average molecular weight is 69.1 g/mol. The fraction of sp³-hybridized carbons (Fsp3) is 0. The van der Waals surface area contributed by atoms with Crippen molar-refractivity contribution in [1.29, 1.82) is 0 Å². The van der Waals surface area contributed by atoms with Gasteiger partial charge in [0.1, 0.15) is 0 Å². The van der Waals surface area contributed by atoms with Gasteiger partial charge < -0.3 is 4.98 Å². The highest BCUT2D eigenvalue weighted by Gasteiger charge is 1.55. The van der Waals surface area contributed by atoms with E-state index in [2.05, 4.69) is 0 Å². The summed E-state index contributed by atoms with van der Waals surface area (Å²) < 4.78 is 6.79. The molecule has 0 atom stereocenters. The molecule has 0 radical (unpaired) electrons. The lowest BCUT2D eigenvalue weighted by atomic mass is 10.7. The van der Waals surface area contributed by atoms with E-state index >= 15 is 0 Å². The third-order valence-corrected chi connectivity index (χ3v) is 0.455. The van der Waals surface area contributed by atoms with Gasteiger partial charge in [-0.25, -0.2) is 0 Å². The Morgan fingerprint density at radius 1 is 1.40 bits per heavy atom. The summed E-state index contributed by atoms with van der Waals surface area (Å²) in [5, 5.41) is 0. The van der Waals surface area contributed by atoms with E-state index in [0.29, 0.717) is 0 Å². The van der Waals surface area contributed by atoms with E-state index in [9.17, 15) is 0 Å². The van der Waals surface area contributed by atoms with E-state index in [1.165, 1.54) is 4.98 Å². The molecule has 0 saturated carbocycles. The van der Waals surface area contributed by atoms with Crippen LogP contribution in [0.5, 0.6) is 0 Å². The predicted octanol–water partition coefficient (Wildman–Crippen LogP) is 1.01. The summed E-state index contributed by atoms with van der Waals surface area (Å²) in [6.45, 7) is 0. The maximum atomic E-state index is 6.79. The quantitative estimate of drug-likeness (QED) is 0.468. The van der Waals surface area contributed by atoms with Crippen LogP contribution < -0.4 is 0 Å². The van der Waals surface area contributed by atoms with Crippen LogP contribution in [0.15, 0.2) is 24.5 Å². The Labute approximate surface area is 32.1 Å². The minimum absolute atomic E-state index is 1.25. The zero-order valence-electron chi connectivity index (χ0n) is 3.76. The van der Waals surface area contributed by atoms with Crippen molar-refractivity contribution >= 4 is 0 Å². The van der Waals surface area contributed by atoms with Gasteiger partial charge in [0.2, 0.25) is 0 Å². The molecule has 0 amide bonds. The third kappa shape index (κ3) is 0.293. The largest absolute Gasteiger partial charge is 0.368 e. The molecule has 26 valence electrons.